The average molecular weight is 360 g/mol. The molecule has 0 N–H and O–H groups in total. The van der Waals surface area contributed by atoms with Gasteiger partial charge in [0.2, 0.25) is 0 Å². The Labute approximate surface area is 150 Å². The van der Waals surface area contributed by atoms with E-state index in [1.807, 2.05) is 56.3 Å². The monoisotopic (exact) mass is 359 g/mol. The molecule has 2 aromatic rings. The van der Waals surface area contributed by atoms with Gasteiger partial charge in [-0.3, -0.25) is 9.69 Å². The largest absolute Gasteiger partial charge is 0.270 e. The first kappa shape index (κ1) is 16.2. The Hall–Kier alpha value is -1.62. The van der Waals surface area contributed by atoms with Crippen molar-refractivity contribution in [2.75, 3.05) is 4.90 Å². The molecule has 0 unspecified atom stereocenters. The van der Waals surface area contributed by atoms with Crippen molar-refractivity contribution in [3.63, 3.8) is 0 Å². The van der Waals surface area contributed by atoms with Gasteiger partial charge in [-0.15, -0.1) is 0 Å². The zero-order valence-electron chi connectivity index (χ0n) is 12.7. The van der Waals surface area contributed by atoms with Crippen LogP contribution < -0.4 is 4.90 Å². The van der Waals surface area contributed by atoms with Crippen LogP contribution in [0.25, 0.3) is 6.08 Å². The fourth-order valence-corrected chi connectivity index (χ4v) is 3.70. The minimum Gasteiger partial charge on any atom is -0.268 e. The van der Waals surface area contributed by atoms with E-state index >= 15 is 0 Å². The highest BCUT2D eigenvalue weighted by Gasteiger charge is 2.33. The van der Waals surface area contributed by atoms with E-state index < -0.39 is 0 Å². The highest BCUT2D eigenvalue weighted by Crippen LogP contribution is 2.37. The van der Waals surface area contributed by atoms with Crippen molar-refractivity contribution in [2.24, 2.45) is 0 Å². The third kappa shape index (κ3) is 3.34. The Morgan fingerprint density at radius 1 is 1.13 bits per heavy atom. The summed E-state index contributed by atoms with van der Waals surface area (Å²) >= 11 is 12.9. The first-order chi connectivity index (χ1) is 11.0. The van der Waals surface area contributed by atoms with Gasteiger partial charge in [0.15, 0.2) is 4.32 Å². The molecular weight excluding hydrogens is 346 g/mol. The van der Waals surface area contributed by atoms with Crippen LogP contribution in [0.15, 0.2) is 47.4 Å². The molecule has 1 heterocycles. The second-order valence-corrected chi connectivity index (χ2v) is 7.44. The summed E-state index contributed by atoms with van der Waals surface area (Å²) in [4.78, 5) is 14.8. The molecule has 1 saturated heterocycles. The number of thioether (sulfide) groups is 1. The molecule has 1 fully saturated rings. The van der Waals surface area contributed by atoms with Gasteiger partial charge in [0.1, 0.15) is 0 Å². The van der Waals surface area contributed by atoms with Crippen LogP contribution in [0.5, 0.6) is 0 Å². The molecule has 116 valence electrons. The lowest BCUT2D eigenvalue weighted by Gasteiger charge is -2.15. The standard InChI is InChI=1S/C18H14ClNOS2/c1-11-3-6-13(7-4-11)9-16-17(21)20(18(22)23-16)14-8-5-12(2)15(19)10-14/h3-10H,1-2H3. The van der Waals surface area contributed by atoms with Crippen LogP contribution in [-0.2, 0) is 4.79 Å². The van der Waals surface area contributed by atoms with Crippen molar-refractivity contribution in [3.05, 3.63) is 69.1 Å². The number of hydrogen-bond donors (Lipinski definition) is 0. The maximum atomic E-state index is 12.7. The van der Waals surface area contributed by atoms with Crippen molar-refractivity contribution < 1.29 is 4.79 Å². The molecular formula is C18H14ClNOS2. The molecule has 1 aliphatic heterocycles. The fraction of sp³-hybridized carbons (Fsp3) is 0.111. The molecule has 2 nitrogen and oxygen atoms in total. The lowest BCUT2D eigenvalue weighted by Crippen LogP contribution is -2.27. The third-order valence-electron chi connectivity index (χ3n) is 3.58. The Kier molecular flexibility index (Phi) is 4.57. The van der Waals surface area contributed by atoms with Gasteiger partial charge in [-0.25, -0.2) is 0 Å². The van der Waals surface area contributed by atoms with Crippen LogP contribution in [0, 0.1) is 13.8 Å². The molecule has 0 aromatic heterocycles. The number of benzene rings is 2. The molecule has 23 heavy (non-hydrogen) atoms. The summed E-state index contributed by atoms with van der Waals surface area (Å²) in [5.74, 6) is -0.111. The van der Waals surface area contributed by atoms with E-state index in [0.717, 1.165) is 11.1 Å². The predicted octanol–water partition coefficient (Wildman–Crippen LogP) is 5.36. The molecule has 0 radical (unpaired) electrons. The van der Waals surface area contributed by atoms with Gasteiger partial charge in [0, 0.05) is 5.02 Å². The summed E-state index contributed by atoms with van der Waals surface area (Å²) in [7, 11) is 0. The number of thiocarbonyl (C=S) groups is 1. The van der Waals surface area contributed by atoms with Crippen molar-refractivity contribution >= 4 is 57.6 Å². The molecule has 3 rings (SSSR count). The normalized spacial score (nSPS) is 16.5. The molecule has 0 spiro atoms. The minimum absolute atomic E-state index is 0.111. The van der Waals surface area contributed by atoms with Crippen LogP contribution >= 0.6 is 35.6 Å². The summed E-state index contributed by atoms with van der Waals surface area (Å²) in [6.45, 7) is 3.96. The van der Waals surface area contributed by atoms with Gasteiger partial charge >= 0.3 is 0 Å². The Bertz CT molecular complexity index is 827. The maximum absolute atomic E-state index is 12.7. The highest BCUT2D eigenvalue weighted by atomic mass is 35.5. The lowest BCUT2D eigenvalue weighted by atomic mass is 10.1. The topological polar surface area (TPSA) is 20.3 Å². The van der Waals surface area contributed by atoms with E-state index in [2.05, 4.69) is 0 Å². The quantitative estimate of drug-likeness (QED) is 0.531. The van der Waals surface area contributed by atoms with Gasteiger partial charge < -0.3 is 0 Å². The molecule has 0 saturated carbocycles. The number of rotatable bonds is 2. The van der Waals surface area contributed by atoms with Crippen molar-refractivity contribution in [3.8, 4) is 0 Å². The van der Waals surface area contributed by atoms with Gasteiger partial charge in [-0.1, -0.05) is 71.5 Å². The highest BCUT2D eigenvalue weighted by molar-refractivity contribution is 8.27. The van der Waals surface area contributed by atoms with Crippen LogP contribution in [0.3, 0.4) is 0 Å². The molecule has 1 amide bonds. The number of nitrogens with zero attached hydrogens (tertiary/aromatic N) is 1. The number of amides is 1. The third-order valence-corrected chi connectivity index (χ3v) is 5.29. The zero-order chi connectivity index (χ0) is 16.6. The molecule has 1 aliphatic rings. The number of anilines is 1. The molecule has 0 atom stereocenters. The SMILES string of the molecule is Cc1ccc(C=C2SC(=S)N(c3ccc(C)c(Cl)c3)C2=O)cc1. The van der Waals surface area contributed by atoms with Crippen LogP contribution in [0.2, 0.25) is 5.02 Å². The van der Waals surface area contributed by atoms with E-state index in [4.69, 9.17) is 23.8 Å². The first-order valence-corrected chi connectivity index (χ1v) is 8.67. The summed E-state index contributed by atoms with van der Waals surface area (Å²) in [6, 6.07) is 13.5. The summed E-state index contributed by atoms with van der Waals surface area (Å²) in [5, 5.41) is 0.624. The number of carbonyl (C=O) groups is 1. The smallest absolute Gasteiger partial charge is 0.268 e. The van der Waals surface area contributed by atoms with E-state index in [1.165, 1.54) is 22.2 Å². The molecule has 0 aliphatic carbocycles. The second-order valence-electron chi connectivity index (χ2n) is 5.36. The molecule has 5 heteroatoms. The van der Waals surface area contributed by atoms with Crippen LogP contribution in [0.4, 0.5) is 5.69 Å². The first-order valence-electron chi connectivity index (χ1n) is 7.06. The predicted molar refractivity (Wildman–Crippen MR) is 103 cm³/mol. The zero-order valence-corrected chi connectivity index (χ0v) is 15.1. The second kappa shape index (κ2) is 6.48. The van der Waals surface area contributed by atoms with E-state index in [9.17, 15) is 4.79 Å². The van der Waals surface area contributed by atoms with Crippen LogP contribution in [-0.4, -0.2) is 10.2 Å². The van der Waals surface area contributed by atoms with Crippen LogP contribution in [0.1, 0.15) is 16.7 Å². The minimum atomic E-state index is -0.111. The Balaban J connectivity index is 1.93. The van der Waals surface area contributed by atoms with Crippen molar-refractivity contribution in [2.45, 2.75) is 13.8 Å². The lowest BCUT2D eigenvalue weighted by molar-refractivity contribution is -0.113. The van der Waals surface area contributed by atoms with Crippen molar-refractivity contribution in [1.82, 2.24) is 0 Å². The maximum Gasteiger partial charge on any atom is 0.270 e. The number of carbonyl (C=O) groups excluding carboxylic acids is 1. The van der Waals surface area contributed by atoms with Crippen molar-refractivity contribution in [1.29, 1.82) is 0 Å². The van der Waals surface area contributed by atoms with E-state index in [0.29, 0.717) is 19.9 Å². The van der Waals surface area contributed by atoms with Gasteiger partial charge in [-0.05, 0) is 43.2 Å². The summed E-state index contributed by atoms with van der Waals surface area (Å²) in [6.07, 6.45) is 1.87. The average Bonchev–Trinajstić information content (AvgIpc) is 2.79. The van der Waals surface area contributed by atoms with E-state index in [1.54, 1.807) is 6.07 Å². The number of halogens is 1. The van der Waals surface area contributed by atoms with E-state index in [-0.39, 0.29) is 5.91 Å². The summed E-state index contributed by atoms with van der Waals surface area (Å²) < 4.78 is 0.522. The fourth-order valence-electron chi connectivity index (χ4n) is 2.23. The molecule has 2 aromatic carbocycles. The Morgan fingerprint density at radius 3 is 2.48 bits per heavy atom. The summed E-state index contributed by atoms with van der Waals surface area (Å²) in [5.41, 5.74) is 3.84. The number of hydrogen-bond acceptors (Lipinski definition) is 3. The Morgan fingerprint density at radius 2 is 1.83 bits per heavy atom. The van der Waals surface area contributed by atoms with Gasteiger partial charge in [0.25, 0.3) is 5.91 Å². The number of aryl methyl sites for hydroxylation is 2. The molecule has 0 bridgehead atoms. The van der Waals surface area contributed by atoms with Gasteiger partial charge in [0.05, 0.1) is 10.6 Å². The van der Waals surface area contributed by atoms with Gasteiger partial charge in [-0.2, -0.15) is 0 Å².